The standard InChI is InChI=1S/C16H25NO/c1-5-7-8-9-15(17-6-2)14-10-11-16(18-4)13(3)12-14/h5,10-12,15,17H,1,6-9H2,2-4H3. The molecule has 0 fully saturated rings. The molecule has 1 aromatic rings. The van der Waals surface area contributed by atoms with Gasteiger partial charge in [0.2, 0.25) is 0 Å². The van der Waals surface area contributed by atoms with E-state index in [2.05, 4.69) is 43.9 Å². The number of methoxy groups -OCH3 is 1. The number of unbranched alkanes of at least 4 members (excludes halogenated alkanes) is 1. The SMILES string of the molecule is C=CCCCC(NCC)c1ccc(OC)c(C)c1. The van der Waals surface area contributed by atoms with Crippen molar-refractivity contribution >= 4 is 0 Å². The molecule has 0 saturated carbocycles. The van der Waals surface area contributed by atoms with Gasteiger partial charge in [-0.15, -0.1) is 6.58 Å². The smallest absolute Gasteiger partial charge is 0.121 e. The lowest BCUT2D eigenvalue weighted by atomic mass is 9.99. The second-order valence-electron chi connectivity index (χ2n) is 4.56. The molecule has 0 aliphatic carbocycles. The van der Waals surface area contributed by atoms with Crippen LogP contribution in [0.2, 0.25) is 0 Å². The quantitative estimate of drug-likeness (QED) is 0.553. The summed E-state index contributed by atoms with van der Waals surface area (Å²) in [6, 6.07) is 6.87. The maximum Gasteiger partial charge on any atom is 0.121 e. The summed E-state index contributed by atoms with van der Waals surface area (Å²) in [6.07, 6.45) is 5.39. The van der Waals surface area contributed by atoms with Gasteiger partial charge in [-0.25, -0.2) is 0 Å². The van der Waals surface area contributed by atoms with Gasteiger partial charge >= 0.3 is 0 Å². The molecule has 0 aromatic heterocycles. The molecule has 0 saturated heterocycles. The first-order valence-corrected chi connectivity index (χ1v) is 6.71. The van der Waals surface area contributed by atoms with Crippen molar-refractivity contribution in [1.82, 2.24) is 5.32 Å². The number of rotatable bonds is 8. The van der Waals surface area contributed by atoms with E-state index in [1.807, 2.05) is 6.08 Å². The number of ether oxygens (including phenoxy) is 1. The van der Waals surface area contributed by atoms with Crippen LogP contribution in [-0.2, 0) is 0 Å². The van der Waals surface area contributed by atoms with Gasteiger partial charge in [-0.3, -0.25) is 0 Å². The Balaban J connectivity index is 2.77. The molecule has 2 heteroatoms. The fourth-order valence-electron chi connectivity index (χ4n) is 2.22. The Hall–Kier alpha value is -1.28. The maximum atomic E-state index is 5.30. The minimum Gasteiger partial charge on any atom is -0.496 e. The molecule has 0 aliphatic rings. The van der Waals surface area contributed by atoms with Crippen LogP contribution in [0.3, 0.4) is 0 Å². The van der Waals surface area contributed by atoms with Gasteiger partial charge in [0.15, 0.2) is 0 Å². The molecular formula is C16H25NO. The molecule has 0 bridgehead atoms. The summed E-state index contributed by atoms with van der Waals surface area (Å²) < 4.78 is 5.30. The molecule has 1 rings (SSSR count). The molecule has 0 heterocycles. The Labute approximate surface area is 111 Å². The fourth-order valence-corrected chi connectivity index (χ4v) is 2.22. The molecule has 2 nitrogen and oxygen atoms in total. The Morgan fingerprint density at radius 2 is 2.22 bits per heavy atom. The minimum atomic E-state index is 0.430. The summed E-state index contributed by atoms with van der Waals surface area (Å²) in [5.41, 5.74) is 2.54. The van der Waals surface area contributed by atoms with Crippen molar-refractivity contribution in [3.8, 4) is 5.75 Å². The van der Waals surface area contributed by atoms with Gasteiger partial charge in [-0.1, -0.05) is 25.1 Å². The van der Waals surface area contributed by atoms with Crippen molar-refractivity contribution in [3.05, 3.63) is 42.0 Å². The zero-order valence-electron chi connectivity index (χ0n) is 11.8. The zero-order chi connectivity index (χ0) is 13.4. The number of allylic oxidation sites excluding steroid dienone is 1. The second-order valence-corrected chi connectivity index (χ2v) is 4.56. The summed E-state index contributed by atoms with van der Waals surface area (Å²) in [5, 5.41) is 3.55. The highest BCUT2D eigenvalue weighted by Gasteiger charge is 2.11. The monoisotopic (exact) mass is 247 g/mol. The molecular weight excluding hydrogens is 222 g/mol. The van der Waals surface area contributed by atoms with Crippen LogP contribution < -0.4 is 10.1 Å². The lowest BCUT2D eigenvalue weighted by Crippen LogP contribution is -2.20. The largest absolute Gasteiger partial charge is 0.496 e. The number of hydrogen-bond acceptors (Lipinski definition) is 2. The number of aryl methyl sites for hydroxylation is 1. The van der Waals surface area contributed by atoms with Gasteiger partial charge < -0.3 is 10.1 Å². The van der Waals surface area contributed by atoms with E-state index in [1.54, 1.807) is 7.11 Å². The molecule has 1 aromatic carbocycles. The van der Waals surface area contributed by atoms with Crippen molar-refractivity contribution in [2.75, 3.05) is 13.7 Å². The first kappa shape index (κ1) is 14.8. The van der Waals surface area contributed by atoms with Crippen LogP contribution >= 0.6 is 0 Å². The van der Waals surface area contributed by atoms with Crippen molar-refractivity contribution in [1.29, 1.82) is 0 Å². The number of hydrogen-bond donors (Lipinski definition) is 1. The van der Waals surface area contributed by atoms with Crippen LogP contribution in [0.4, 0.5) is 0 Å². The third-order valence-electron chi connectivity index (χ3n) is 3.17. The lowest BCUT2D eigenvalue weighted by Gasteiger charge is -2.19. The van der Waals surface area contributed by atoms with E-state index in [9.17, 15) is 0 Å². The molecule has 0 radical (unpaired) electrons. The van der Waals surface area contributed by atoms with Crippen LogP contribution in [0.25, 0.3) is 0 Å². The Morgan fingerprint density at radius 1 is 1.44 bits per heavy atom. The van der Waals surface area contributed by atoms with Crippen molar-refractivity contribution < 1.29 is 4.74 Å². The molecule has 0 amide bonds. The van der Waals surface area contributed by atoms with Crippen LogP contribution in [0.1, 0.15) is 43.4 Å². The number of benzene rings is 1. The fraction of sp³-hybridized carbons (Fsp3) is 0.500. The topological polar surface area (TPSA) is 21.3 Å². The molecule has 1 atom stereocenters. The van der Waals surface area contributed by atoms with E-state index in [4.69, 9.17) is 4.74 Å². The molecule has 0 aliphatic heterocycles. The van der Waals surface area contributed by atoms with Crippen LogP contribution in [0, 0.1) is 6.92 Å². The first-order chi connectivity index (χ1) is 8.72. The summed E-state index contributed by atoms with van der Waals surface area (Å²) in [6.45, 7) is 9.01. The highest BCUT2D eigenvalue weighted by Crippen LogP contribution is 2.25. The minimum absolute atomic E-state index is 0.430. The van der Waals surface area contributed by atoms with E-state index >= 15 is 0 Å². The van der Waals surface area contributed by atoms with E-state index in [-0.39, 0.29) is 0 Å². The Kier molecular flexibility index (Phi) is 6.51. The van der Waals surface area contributed by atoms with E-state index in [0.717, 1.165) is 25.1 Å². The summed E-state index contributed by atoms with van der Waals surface area (Å²) in [7, 11) is 1.72. The summed E-state index contributed by atoms with van der Waals surface area (Å²) in [4.78, 5) is 0. The Morgan fingerprint density at radius 3 is 2.78 bits per heavy atom. The predicted octanol–water partition coefficient (Wildman–Crippen LogP) is 4.01. The van der Waals surface area contributed by atoms with Gasteiger partial charge in [0.1, 0.15) is 5.75 Å². The highest BCUT2D eigenvalue weighted by molar-refractivity contribution is 5.37. The highest BCUT2D eigenvalue weighted by atomic mass is 16.5. The van der Waals surface area contributed by atoms with Crippen molar-refractivity contribution in [2.24, 2.45) is 0 Å². The molecule has 18 heavy (non-hydrogen) atoms. The average molecular weight is 247 g/mol. The summed E-state index contributed by atoms with van der Waals surface area (Å²) in [5.74, 6) is 0.958. The van der Waals surface area contributed by atoms with Gasteiger partial charge in [-0.2, -0.15) is 0 Å². The third kappa shape index (κ3) is 4.19. The average Bonchev–Trinajstić information content (AvgIpc) is 2.38. The molecule has 0 spiro atoms. The van der Waals surface area contributed by atoms with Gasteiger partial charge in [0.25, 0.3) is 0 Å². The van der Waals surface area contributed by atoms with E-state index < -0.39 is 0 Å². The van der Waals surface area contributed by atoms with E-state index in [1.165, 1.54) is 17.5 Å². The van der Waals surface area contributed by atoms with Crippen LogP contribution in [-0.4, -0.2) is 13.7 Å². The van der Waals surface area contributed by atoms with Crippen LogP contribution in [0.15, 0.2) is 30.9 Å². The first-order valence-electron chi connectivity index (χ1n) is 6.71. The van der Waals surface area contributed by atoms with Gasteiger partial charge in [0, 0.05) is 6.04 Å². The summed E-state index contributed by atoms with van der Waals surface area (Å²) >= 11 is 0. The van der Waals surface area contributed by atoms with Gasteiger partial charge in [0.05, 0.1) is 7.11 Å². The van der Waals surface area contributed by atoms with Crippen molar-refractivity contribution in [2.45, 2.75) is 39.2 Å². The normalized spacial score (nSPS) is 12.2. The lowest BCUT2D eigenvalue weighted by molar-refractivity contribution is 0.411. The van der Waals surface area contributed by atoms with E-state index in [0.29, 0.717) is 6.04 Å². The molecule has 1 N–H and O–H groups in total. The second kappa shape index (κ2) is 7.93. The Bertz CT molecular complexity index is 373. The maximum absolute atomic E-state index is 5.30. The van der Waals surface area contributed by atoms with Crippen molar-refractivity contribution in [3.63, 3.8) is 0 Å². The van der Waals surface area contributed by atoms with Crippen LogP contribution in [0.5, 0.6) is 5.75 Å². The van der Waals surface area contributed by atoms with Gasteiger partial charge in [-0.05, 0) is 49.9 Å². The third-order valence-corrected chi connectivity index (χ3v) is 3.17. The predicted molar refractivity (Wildman–Crippen MR) is 78.2 cm³/mol. The zero-order valence-corrected chi connectivity index (χ0v) is 11.8. The molecule has 1 unspecified atom stereocenters. The number of nitrogens with one attached hydrogen (secondary N) is 1. The molecule has 100 valence electrons.